The molecule has 1 fully saturated rings. The van der Waals surface area contributed by atoms with Crippen LogP contribution in [0.5, 0.6) is 0 Å². The zero-order valence-electron chi connectivity index (χ0n) is 9.39. The van der Waals surface area contributed by atoms with Gasteiger partial charge >= 0.3 is 0 Å². The third-order valence-corrected chi connectivity index (χ3v) is 7.31. The van der Waals surface area contributed by atoms with E-state index in [9.17, 15) is 0 Å². The second-order valence-corrected chi connectivity index (χ2v) is 8.02. The van der Waals surface area contributed by atoms with Crippen LogP contribution in [0, 0.1) is 0 Å². The highest BCUT2D eigenvalue weighted by molar-refractivity contribution is 6.73. The molecule has 15 heavy (non-hydrogen) atoms. The molecule has 2 rings (SSSR count). The van der Waals surface area contributed by atoms with Gasteiger partial charge in [0.05, 0.1) is 15.0 Å². The standard InChI is InChI=1S/C11H19N3Si/c1-2-15(10-6-4-3-5-7-10)11-8-9-12-14-13-11/h8-10,15H,2-7H2,1H3. The Morgan fingerprint density at radius 2 is 2.13 bits per heavy atom. The van der Waals surface area contributed by atoms with E-state index in [-0.39, 0.29) is 0 Å². The minimum Gasteiger partial charge on any atom is -0.141 e. The molecule has 1 aliphatic rings. The molecular formula is C11H19N3Si. The zero-order chi connectivity index (χ0) is 10.5. The highest BCUT2D eigenvalue weighted by Gasteiger charge is 2.26. The molecule has 0 N–H and O–H groups in total. The van der Waals surface area contributed by atoms with Crippen LogP contribution in [-0.4, -0.2) is 24.2 Å². The van der Waals surface area contributed by atoms with Crippen molar-refractivity contribution in [2.75, 3.05) is 0 Å². The van der Waals surface area contributed by atoms with Gasteiger partial charge < -0.3 is 0 Å². The lowest BCUT2D eigenvalue weighted by molar-refractivity contribution is 0.497. The van der Waals surface area contributed by atoms with Gasteiger partial charge in [-0.15, -0.1) is 10.2 Å². The summed E-state index contributed by atoms with van der Waals surface area (Å²) in [6.07, 6.45) is 8.92. The Hall–Kier alpha value is -0.773. The number of aromatic nitrogens is 3. The lowest BCUT2D eigenvalue weighted by Gasteiger charge is -2.27. The molecule has 1 unspecified atom stereocenters. The Morgan fingerprint density at radius 1 is 1.33 bits per heavy atom. The van der Waals surface area contributed by atoms with Crippen molar-refractivity contribution in [3.63, 3.8) is 0 Å². The van der Waals surface area contributed by atoms with Crippen molar-refractivity contribution in [3.8, 4) is 0 Å². The number of hydrogen-bond acceptors (Lipinski definition) is 3. The molecule has 1 aromatic heterocycles. The first-order chi connectivity index (χ1) is 7.42. The van der Waals surface area contributed by atoms with Crippen LogP contribution in [0.25, 0.3) is 0 Å². The van der Waals surface area contributed by atoms with Crippen LogP contribution in [0.3, 0.4) is 0 Å². The summed E-state index contributed by atoms with van der Waals surface area (Å²) in [6.45, 7) is 2.31. The van der Waals surface area contributed by atoms with E-state index in [1.54, 1.807) is 6.20 Å². The molecule has 0 bridgehead atoms. The Labute approximate surface area is 92.9 Å². The first kappa shape index (κ1) is 10.7. The van der Waals surface area contributed by atoms with Gasteiger partial charge in [-0.25, -0.2) is 0 Å². The fourth-order valence-electron chi connectivity index (χ4n) is 2.77. The maximum atomic E-state index is 4.23. The first-order valence-electron chi connectivity index (χ1n) is 6.06. The summed E-state index contributed by atoms with van der Waals surface area (Å²) < 4.78 is 0. The van der Waals surface area contributed by atoms with Gasteiger partial charge in [-0.1, -0.05) is 45.1 Å². The molecule has 0 saturated heterocycles. The fourth-order valence-corrected chi connectivity index (χ4v) is 6.15. The smallest absolute Gasteiger partial charge is 0.0999 e. The van der Waals surface area contributed by atoms with Gasteiger partial charge in [0.25, 0.3) is 0 Å². The number of rotatable bonds is 3. The van der Waals surface area contributed by atoms with E-state index < -0.39 is 8.80 Å². The Morgan fingerprint density at radius 3 is 2.73 bits per heavy atom. The second kappa shape index (κ2) is 5.35. The molecule has 1 heterocycles. The van der Waals surface area contributed by atoms with Gasteiger partial charge in [0.1, 0.15) is 0 Å². The van der Waals surface area contributed by atoms with Crippen molar-refractivity contribution in [1.29, 1.82) is 0 Å². The summed E-state index contributed by atoms with van der Waals surface area (Å²) in [5, 5.41) is 13.1. The predicted octanol–water partition coefficient (Wildman–Crippen LogP) is 1.66. The summed E-state index contributed by atoms with van der Waals surface area (Å²) in [4.78, 5) is 0. The van der Waals surface area contributed by atoms with Crippen molar-refractivity contribution in [2.24, 2.45) is 0 Å². The first-order valence-corrected chi connectivity index (χ1v) is 8.12. The highest BCUT2D eigenvalue weighted by Crippen LogP contribution is 2.31. The molecule has 3 nitrogen and oxygen atoms in total. The third-order valence-electron chi connectivity index (χ3n) is 3.56. The van der Waals surface area contributed by atoms with E-state index in [4.69, 9.17) is 0 Å². The molecular weight excluding hydrogens is 202 g/mol. The maximum Gasteiger partial charge on any atom is 0.0999 e. The average Bonchev–Trinajstić information content (AvgIpc) is 2.33. The van der Waals surface area contributed by atoms with Crippen molar-refractivity contribution < 1.29 is 0 Å². The SMILES string of the molecule is CC[SiH](c1ccnnn1)C1CCCCC1. The summed E-state index contributed by atoms with van der Waals surface area (Å²) >= 11 is 0. The van der Waals surface area contributed by atoms with Gasteiger partial charge in [-0.05, 0) is 16.8 Å². The summed E-state index contributed by atoms with van der Waals surface area (Å²) in [7, 11) is -0.866. The minimum absolute atomic E-state index is 0.866. The summed E-state index contributed by atoms with van der Waals surface area (Å²) in [6, 6.07) is 3.39. The number of nitrogens with zero attached hydrogens (tertiary/aromatic N) is 3. The Kier molecular flexibility index (Phi) is 3.83. The van der Waals surface area contributed by atoms with Crippen LogP contribution in [0.2, 0.25) is 11.6 Å². The van der Waals surface area contributed by atoms with Crippen molar-refractivity contribution in [3.05, 3.63) is 12.3 Å². The monoisotopic (exact) mass is 221 g/mol. The quantitative estimate of drug-likeness (QED) is 0.729. The topological polar surface area (TPSA) is 38.7 Å². The molecule has 1 saturated carbocycles. The second-order valence-electron chi connectivity index (χ2n) is 4.46. The molecule has 1 aromatic rings. The zero-order valence-corrected chi connectivity index (χ0v) is 10.5. The molecule has 0 spiro atoms. The molecule has 0 aromatic carbocycles. The molecule has 4 heteroatoms. The van der Waals surface area contributed by atoms with Gasteiger partial charge in [-0.2, -0.15) is 0 Å². The molecule has 0 radical (unpaired) electrons. The highest BCUT2D eigenvalue weighted by atomic mass is 28.3. The molecule has 0 amide bonds. The molecule has 82 valence electrons. The third kappa shape index (κ3) is 2.62. The van der Waals surface area contributed by atoms with Crippen molar-refractivity contribution in [2.45, 2.75) is 50.6 Å². The van der Waals surface area contributed by atoms with Gasteiger partial charge in [0.2, 0.25) is 0 Å². The minimum atomic E-state index is -0.866. The Balaban J connectivity index is 2.09. The van der Waals surface area contributed by atoms with E-state index in [0.29, 0.717) is 0 Å². The van der Waals surface area contributed by atoms with E-state index in [1.165, 1.54) is 43.5 Å². The predicted molar refractivity (Wildman–Crippen MR) is 63.9 cm³/mol. The van der Waals surface area contributed by atoms with Crippen LogP contribution in [0.1, 0.15) is 39.0 Å². The van der Waals surface area contributed by atoms with E-state index in [0.717, 1.165) is 5.54 Å². The van der Waals surface area contributed by atoms with Crippen LogP contribution in [0.15, 0.2) is 12.3 Å². The fraction of sp³-hybridized carbons (Fsp3) is 0.727. The van der Waals surface area contributed by atoms with Gasteiger partial charge in [0, 0.05) is 5.32 Å². The van der Waals surface area contributed by atoms with Crippen LogP contribution in [0.4, 0.5) is 0 Å². The van der Waals surface area contributed by atoms with E-state index in [1.807, 2.05) is 0 Å². The van der Waals surface area contributed by atoms with Gasteiger partial charge in [0.15, 0.2) is 0 Å². The molecule has 1 atom stereocenters. The van der Waals surface area contributed by atoms with Gasteiger partial charge in [-0.3, -0.25) is 0 Å². The average molecular weight is 221 g/mol. The van der Waals surface area contributed by atoms with Crippen molar-refractivity contribution in [1.82, 2.24) is 15.4 Å². The van der Waals surface area contributed by atoms with Crippen LogP contribution in [-0.2, 0) is 0 Å². The molecule has 1 aliphatic carbocycles. The van der Waals surface area contributed by atoms with Crippen LogP contribution < -0.4 is 5.32 Å². The Bertz CT molecular complexity index is 285. The normalized spacial score (nSPS) is 20.1. The summed E-state index contributed by atoms with van der Waals surface area (Å²) in [5.74, 6) is 0. The summed E-state index contributed by atoms with van der Waals surface area (Å²) in [5.41, 5.74) is 0.959. The lowest BCUT2D eigenvalue weighted by atomic mass is 10.0. The largest absolute Gasteiger partial charge is 0.141 e. The van der Waals surface area contributed by atoms with E-state index in [2.05, 4.69) is 28.4 Å². The maximum absolute atomic E-state index is 4.23. The van der Waals surface area contributed by atoms with Crippen molar-refractivity contribution >= 4 is 14.1 Å². The molecule has 0 aliphatic heterocycles. The van der Waals surface area contributed by atoms with Crippen LogP contribution >= 0.6 is 0 Å². The lowest BCUT2D eigenvalue weighted by Crippen LogP contribution is -2.38. The number of hydrogen-bond donors (Lipinski definition) is 0. The van der Waals surface area contributed by atoms with E-state index >= 15 is 0 Å².